The number of alkyl halides is 6. The highest BCUT2D eigenvalue weighted by molar-refractivity contribution is 5.80. The van der Waals surface area contributed by atoms with Gasteiger partial charge in [0.15, 0.2) is 0 Å². The lowest BCUT2D eigenvalue weighted by Gasteiger charge is -2.34. The molecule has 8 heteroatoms. The summed E-state index contributed by atoms with van der Waals surface area (Å²) in [6.07, 6.45) is -0.750. The molecule has 166 valence electrons. The molecule has 0 radical (unpaired) electrons. The molecular formula is C22H26F6N2. The van der Waals surface area contributed by atoms with Crippen molar-refractivity contribution in [2.45, 2.75) is 50.9 Å². The smallest absolute Gasteiger partial charge is 0.371 e. The number of piperidine rings is 2. The van der Waals surface area contributed by atoms with Crippen LogP contribution >= 0.6 is 0 Å². The summed E-state index contributed by atoms with van der Waals surface area (Å²) in [6.45, 7) is 2.72. The zero-order chi connectivity index (χ0) is 21.8. The summed E-state index contributed by atoms with van der Waals surface area (Å²) in [5.74, 6) is 0. The van der Waals surface area contributed by atoms with Crippen LogP contribution in [0.25, 0.3) is 12.2 Å². The minimum atomic E-state index is -4.46. The summed E-state index contributed by atoms with van der Waals surface area (Å²) in [7, 11) is 0. The standard InChI is InChI=1S/C22H26F6N2/c23-21(24,25)9-7-17-16-20(30-13-5-2-6-14-30)18(8-10-22(26,27)28)15-19(17)29-11-3-1-4-12-29/h7-10,15-16H,1-6,11-14H2/b9-7+,10-8+. The van der Waals surface area contributed by atoms with Gasteiger partial charge in [-0.15, -0.1) is 0 Å². The molecule has 0 unspecified atom stereocenters. The number of benzene rings is 1. The van der Waals surface area contributed by atoms with Crippen molar-refractivity contribution in [3.05, 3.63) is 35.4 Å². The third-order valence-corrected chi connectivity index (χ3v) is 5.47. The van der Waals surface area contributed by atoms with E-state index >= 15 is 0 Å². The van der Waals surface area contributed by atoms with Crippen LogP contribution in [0.15, 0.2) is 24.3 Å². The molecule has 30 heavy (non-hydrogen) atoms. The molecule has 0 aromatic heterocycles. The van der Waals surface area contributed by atoms with Gasteiger partial charge in [0.25, 0.3) is 0 Å². The Labute approximate surface area is 172 Å². The van der Waals surface area contributed by atoms with Gasteiger partial charge in [0.05, 0.1) is 0 Å². The maximum absolute atomic E-state index is 12.9. The van der Waals surface area contributed by atoms with Gasteiger partial charge in [0, 0.05) is 49.7 Å². The van der Waals surface area contributed by atoms with Crippen molar-refractivity contribution in [2.24, 2.45) is 0 Å². The molecular weight excluding hydrogens is 406 g/mol. The molecule has 0 atom stereocenters. The molecule has 2 nitrogen and oxygen atoms in total. The van der Waals surface area contributed by atoms with Crippen molar-refractivity contribution in [3.63, 3.8) is 0 Å². The molecule has 0 spiro atoms. The van der Waals surface area contributed by atoms with Crippen LogP contribution in [0, 0.1) is 0 Å². The minimum Gasteiger partial charge on any atom is -0.371 e. The number of rotatable bonds is 4. The zero-order valence-corrected chi connectivity index (χ0v) is 16.7. The summed E-state index contributed by atoms with van der Waals surface area (Å²) in [4.78, 5) is 3.95. The van der Waals surface area contributed by atoms with E-state index in [-0.39, 0.29) is 12.2 Å². The van der Waals surface area contributed by atoms with Crippen LogP contribution in [0.2, 0.25) is 0 Å². The van der Waals surface area contributed by atoms with Crippen molar-refractivity contribution in [2.75, 3.05) is 36.0 Å². The SMILES string of the molecule is FC(F)(F)/C=C/c1cc(N2CCCCC2)c(/C=C/C(F)(F)F)cc1N1CCCCC1. The van der Waals surface area contributed by atoms with Gasteiger partial charge in [-0.3, -0.25) is 0 Å². The summed E-state index contributed by atoms with van der Waals surface area (Å²) >= 11 is 0. The van der Waals surface area contributed by atoms with Gasteiger partial charge in [0.1, 0.15) is 0 Å². The highest BCUT2D eigenvalue weighted by atomic mass is 19.4. The van der Waals surface area contributed by atoms with E-state index in [0.717, 1.165) is 50.7 Å². The Morgan fingerprint density at radius 2 is 0.900 bits per heavy atom. The molecule has 0 amide bonds. The first-order chi connectivity index (χ1) is 14.1. The predicted octanol–water partition coefficient (Wildman–Crippen LogP) is 6.82. The number of allylic oxidation sites excluding steroid dienone is 2. The molecule has 1 aromatic carbocycles. The first-order valence-corrected chi connectivity index (χ1v) is 10.3. The minimum absolute atomic E-state index is 0.195. The Hall–Kier alpha value is -2.12. The number of halogens is 6. The summed E-state index contributed by atoms with van der Waals surface area (Å²) < 4.78 is 77.1. The Kier molecular flexibility index (Phi) is 7.03. The topological polar surface area (TPSA) is 6.48 Å². The van der Waals surface area contributed by atoms with E-state index in [2.05, 4.69) is 0 Å². The second kappa shape index (κ2) is 9.35. The van der Waals surface area contributed by atoms with Gasteiger partial charge in [-0.1, -0.05) is 0 Å². The van der Waals surface area contributed by atoms with E-state index in [1.807, 2.05) is 9.80 Å². The molecule has 2 heterocycles. The van der Waals surface area contributed by atoms with Crippen LogP contribution < -0.4 is 9.80 Å². The van der Waals surface area contributed by atoms with E-state index in [1.54, 1.807) is 12.1 Å². The van der Waals surface area contributed by atoms with E-state index in [1.165, 1.54) is 0 Å². The van der Waals surface area contributed by atoms with Gasteiger partial charge < -0.3 is 9.80 Å². The van der Waals surface area contributed by atoms with Crippen molar-refractivity contribution in [1.29, 1.82) is 0 Å². The molecule has 3 rings (SSSR count). The third kappa shape index (κ3) is 6.44. The van der Waals surface area contributed by atoms with Crippen molar-refractivity contribution in [3.8, 4) is 0 Å². The Morgan fingerprint density at radius 1 is 0.567 bits per heavy atom. The van der Waals surface area contributed by atoms with Gasteiger partial charge in [-0.2, -0.15) is 26.3 Å². The van der Waals surface area contributed by atoms with Crippen LogP contribution in [-0.4, -0.2) is 38.5 Å². The monoisotopic (exact) mass is 432 g/mol. The van der Waals surface area contributed by atoms with E-state index < -0.39 is 12.4 Å². The summed E-state index contributed by atoms with van der Waals surface area (Å²) in [6, 6.07) is 3.24. The number of hydrogen-bond donors (Lipinski definition) is 0. The zero-order valence-electron chi connectivity index (χ0n) is 16.7. The van der Waals surface area contributed by atoms with Crippen LogP contribution in [0.3, 0.4) is 0 Å². The van der Waals surface area contributed by atoms with Gasteiger partial charge >= 0.3 is 12.4 Å². The van der Waals surface area contributed by atoms with Gasteiger partial charge in [-0.25, -0.2) is 0 Å². The lowest BCUT2D eigenvalue weighted by atomic mass is 9.99. The summed E-state index contributed by atoms with van der Waals surface area (Å²) in [5.41, 5.74) is 1.88. The number of hydrogen-bond acceptors (Lipinski definition) is 2. The summed E-state index contributed by atoms with van der Waals surface area (Å²) in [5, 5.41) is 0. The first-order valence-electron chi connectivity index (χ1n) is 10.3. The Morgan fingerprint density at radius 3 is 1.20 bits per heavy atom. The molecule has 0 aliphatic carbocycles. The number of anilines is 2. The fourth-order valence-corrected chi connectivity index (χ4v) is 4.06. The fraction of sp³-hybridized carbons (Fsp3) is 0.545. The average molecular weight is 432 g/mol. The molecule has 0 N–H and O–H groups in total. The lowest BCUT2D eigenvalue weighted by molar-refractivity contribution is -0.0800. The maximum atomic E-state index is 12.9. The second-order valence-corrected chi connectivity index (χ2v) is 7.82. The lowest BCUT2D eigenvalue weighted by Crippen LogP contribution is -2.32. The Balaban J connectivity index is 2.10. The van der Waals surface area contributed by atoms with Crippen molar-refractivity contribution < 1.29 is 26.3 Å². The van der Waals surface area contributed by atoms with Gasteiger partial charge in [-0.05, 0) is 73.9 Å². The molecule has 2 aliphatic heterocycles. The quantitative estimate of drug-likeness (QED) is 0.482. The highest BCUT2D eigenvalue weighted by Gasteiger charge is 2.25. The molecule has 0 saturated carbocycles. The second-order valence-electron chi connectivity index (χ2n) is 7.82. The van der Waals surface area contributed by atoms with E-state index in [0.29, 0.717) is 48.7 Å². The molecule has 2 saturated heterocycles. The van der Waals surface area contributed by atoms with Crippen LogP contribution in [0.5, 0.6) is 0 Å². The molecule has 1 aromatic rings. The fourth-order valence-electron chi connectivity index (χ4n) is 4.06. The predicted molar refractivity (Wildman–Crippen MR) is 109 cm³/mol. The normalized spacial score (nSPS) is 19.3. The van der Waals surface area contributed by atoms with Crippen LogP contribution in [0.4, 0.5) is 37.7 Å². The maximum Gasteiger partial charge on any atom is 0.409 e. The van der Waals surface area contributed by atoms with E-state index in [9.17, 15) is 26.3 Å². The number of nitrogens with zero attached hydrogens (tertiary/aromatic N) is 2. The Bertz CT molecular complexity index is 701. The largest absolute Gasteiger partial charge is 0.409 e. The van der Waals surface area contributed by atoms with Crippen LogP contribution in [-0.2, 0) is 0 Å². The first kappa shape index (κ1) is 22.6. The molecule has 0 bridgehead atoms. The van der Waals surface area contributed by atoms with Gasteiger partial charge in [0.2, 0.25) is 0 Å². The van der Waals surface area contributed by atoms with Crippen molar-refractivity contribution in [1.82, 2.24) is 0 Å². The van der Waals surface area contributed by atoms with E-state index in [4.69, 9.17) is 0 Å². The van der Waals surface area contributed by atoms with Crippen LogP contribution in [0.1, 0.15) is 49.7 Å². The molecule has 2 fully saturated rings. The highest BCUT2D eigenvalue weighted by Crippen LogP contribution is 2.36. The average Bonchev–Trinajstić information content (AvgIpc) is 2.70. The third-order valence-electron chi connectivity index (χ3n) is 5.47. The molecule has 2 aliphatic rings. The van der Waals surface area contributed by atoms with Crippen molar-refractivity contribution >= 4 is 23.5 Å².